The third kappa shape index (κ3) is 5.09. The molecule has 0 aliphatic heterocycles. The average molecular weight is 505 g/mol. The molecule has 202 valence electrons. The Bertz CT molecular complexity index is 1010. The van der Waals surface area contributed by atoms with Gasteiger partial charge in [0.1, 0.15) is 6.10 Å². The smallest absolute Gasteiger partial charge is 0.338 e. The van der Waals surface area contributed by atoms with Crippen molar-refractivity contribution in [2.75, 3.05) is 0 Å². The number of carbonyl (C=O) groups is 2. The molecule has 37 heavy (non-hydrogen) atoms. The van der Waals surface area contributed by atoms with Crippen LogP contribution in [0.2, 0.25) is 0 Å². The fourth-order valence-electron chi connectivity index (χ4n) is 8.88. The molecule has 0 aromatic heterocycles. The summed E-state index contributed by atoms with van der Waals surface area (Å²) in [6.07, 6.45) is 17.6. The summed E-state index contributed by atoms with van der Waals surface area (Å²) < 4.78 is 5.99. The summed E-state index contributed by atoms with van der Waals surface area (Å²) in [4.78, 5) is 26.2. The summed E-state index contributed by atoms with van der Waals surface area (Å²) in [5.74, 6) is 1.95. The summed E-state index contributed by atoms with van der Waals surface area (Å²) in [7, 11) is 0. The zero-order chi connectivity index (χ0) is 26.0. The monoisotopic (exact) mass is 504 g/mol. The largest absolute Gasteiger partial charge is 0.459 e. The van der Waals surface area contributed by atoms with Crippen molar-refractivity contribution in [3.8, 4) is 0 Å². The second-order valence-electron chi connectivity index (χ2n) is 13.2. The molecular weight excluding hydrogens is 456 g/mol. The Hall–Kier alpha value is -1.90. The number of fused-ring (bicyclic) bond motifs is 4. The fraction of sp³-hybridized carbons (Fsp3) is 0.706. The van der Waals surface area contributed by atoms with E-state index in [4.69, 9.17) is 4.74 Å². The predicted molar refractivity (Wildman–Crippen MR) is 149 cm³/mol. The Morgan fingerprint density at radius 1 is 0.973 bits per heavy atom. The van der Waals surface area contributed by atoms with Crippen molar-refractivity contribution in [1.29, 1.82) is 0 Å². The molecule has 0 amide bonds. The fourth-order valence-corrected chi connectivity index (χ4v) is 8.88. The van der Waals surface area contributed by atoms with E-state index in [2.05, 4.69) is 20.8 Å². The van der Waals surface area contributed by atoms with Crippen LogP contribution in [0.3, 0.4) is 0 Å². The zero-order valence-electron chi connectivity index (χ0n) is 23.5. The van der Waals surface area contributed by atoms with Gasteiger partial charge in [-0.05, 0) is 92.1 Å². The van der Waals surface area contributed by atoms with Crippen molar-refractivity contribution in [3.05, 3.63) is 47.0 Å². The van der Waals surface area contributed by atoms with Crippen LogP contribution in [0, 0.1) is 28.6 Å². The average Bonchev–Trinajstić information content (AvgIpc) is 3.16. The molecule has 1 aromatic rings. The van der Waals surface area contributed by atoms with Gasteiger partial charge in [-0.15, -0.1) is 0 Å². The van der Waals surface area contributed by atoms with Gasteiger partial charge in [-0.1, -0.05) is 83.1 Å². The van der Waals surface area contributed by atoms with E-state index in [1.165, 1.54) is 63.4 Å². The Morgan fingerprint density at radius 2 is 1.73 bits per heavy atom. The zero-order valence-corrected chi connectivity index (χ0v) is 23.5. The third-order valence-electron chi connectivity index (χ3n) is 11.1. The molecular formula is C34H48O3. The Morgan fingerprint density at radius 3 is 2.51 bits per heavy atom. The topological polar surface area (TPSA) is 43.4 Å². The van der Waals surface area contributed by atoms with E-state index in [0.717, 1.165) is 38.5 Å². The number of benzene rings is 1. The SMILES string of the molecule is CCCCCCCC[C@H]1CC(=O)C2=C3CCC4C[C@@H](OC(=O)c5ccccc5)CC[C@]4(C)C3CC[C@@]21C. The second-order valence-corrected chi connectivity index (χ2v) is 13.2. The van der Waals surface area contributed by atoms with Gasteiger partial charge in [-0.3, -0.25) is 4.79 Å². The molecule has 3 fully saturated rings. The van der Waals surface area contributed by atoms with Crippen molar-refractivity contribution in [1.82, 2.24) is 0 Å². The van der Waals surface area contributed by atoms with Crippen LogP contribution in [0.25, 0.3) is 0 Å². The van der Waals surface area contributed by atoms with E-state index >= 15 is 0 Å². The van der Waals surface area contributed by atoms with Gasteiger partial charge in [0.15, 0.2) is 5.78 Å². The van der Waals surface area contributed by atoms with Crippen LogP contribution in [0.4, 0.5) is 0 Å². The van der Waals surface area contributed by atoms with Crippen LogP contribution in [-0.2, 0) is 9.53 Å². The molecule has 1 aromatic carbocycles. The van der Waals surface area contributed by atoms with Crippen molar-refractivity contribution in [3.63, 3.8) is 0 Å². The lowest BCUT2D eigenvalue weighted by atomic mass is 9.49. The Balaban J connectivity index is 1.25. The molecule has 4 aliphatic carbocycles. The summed E-state index contributed by atoms with van der Waals surface area (Å²) in [6.45, 7) is 7.20. The highest BCUT2D eigenvalue weighted by Crippen LogP contribution is 2.64. The summed E-state index contributed by atoms with van der Waals surface area (Å²) in [5, 5.41) is 0. The predicted octanol–water partition coefficient (Wildman–Crippen LogP) is 8.86. The van der Waals surface area contributed by atoms with Gasteiger partial charge in [0.2, 0.25) is 0 Å². The van der Waals surface area contributed by atoms with Gasteiger partial charge in [0.25, 0.3) is 0 Å². The maximum Gasteiger partial charge on any atom is 0.338 e. The standard InChI is InChI=1S/C34H48O3/c1-4-5-6-7-8-12-15-25-23-30(35)31-28-17-16-26-22-27(37-32(36)24-13-10-9-11-14-24)18-20-33(26,2)29(28)19-21-34(25,31)3/h9-11,13-14,25-27,29H,4-8,12,15-23H2,1-3H3/t25-,26?,27-,29?,33-,34+/m0/s1. The number of hydrogen-bond acceptors (Lipinski definition) is 3. The van der Waals surface area contributed by atoms with Crippen molar-refractivity contribution in [2.24, 2.45) is 28.6 Å². The highest BCUT2D eigenvalue weighted by atomic mass is 16.5. The van der Waals surface area contributed by atoms with Crippen molar-refractivity contribution >= 4 is 11.8 Å². The van der Waals surface area contributed by atoms with Gasteiger partial charge in [-0.25, -0.2) is 4.79 Å². The van der Waals surface area contributed by atoms with E-state index in [1.807, 2.05) is 30.3 Å². The number of esters is 1. The van der Waals surface area contributed by atoms with E-state index in [-0.39, 0.29) is 22.9 Å². The molecule has 3 saturated carbocycles. The number of ether oxygens (including phenoxy) is 1. The quantitative estimate of drug-likeness (QED) is 0.249. The maximum atomic E-state index is 13.5. The van der Waals surface area contributed by atoms with Crippen molar-refractivity contribution in [2.45, 2.75) is 123 Å². The lowest BCUT2D eigenvalue weighted by Gasteiger charge is -2.56. The minimum absolute atomic E-state index is 0.0173. The van der Waals surface area contributed by atoms with E-state index in [1.54, 1.807) is 5.57 Å². The number of unbranched alkanes of at least 4 members (excludes halogenated alkanes) is 5. The number of carbonyl (C=O) groups excluding carboxylic acids is 2. The lowest BCUT2D eigenvalue weighted by molar-refractivity contribution is -0.115. The second kappa shape index (κ2) is 11.1. The van der Waals surface area contributed by atoms with Gasteiger partial charge in [0.05, 0.1) is 5.56 Å². The van der Waals surface area contributed by atoms with Gasteiger partial charge in [0, 0.05) is 12.0 Å². The highest BCUT2D eigenvalue weighted by Gasteiger charge is 2.57. The molecule has 3 heteroatoms. The highest BCUT2D eigenvalue weighted by molar-refractivity contribution is 6.00. The van der Waals surface area contributed by atoms with Crippen LogP contribution in [-0.4, -0.2) is 17.9 Å². The molecule has 0 spiro atoms. The molecule has 4 aliphatic rings. The molecule has 0 radical (unpaired) electrons. The van der Waals surface area contributed by atoms with Crippen LogP contribution in [0.5, 0.6) is 0 Å². The number of ketones is 1. The van der Waals surface area contributed by atoms with Crippen molar-refractivity contribution < 1.29 is 14.3 Å². The first kappa shape index (κ1) is 26.7. The molecule has 5 rings (SSSR count). The molecule has 0 N–H and O–H groups in total. The van der Waals surface area contributed by atoms with Gasteiger partial charge >= 0.3 is 5.97 Å². The van der Waals surface area contributed by atoms with E-state index in [0.29, 0.717) is 29.1 Å². The lowest BCUT2D eigenvalue weighted by Crippen LogP contribution is -2.48. The Labute approximate surface area is 224 Å². The third-order valence-corrected chi connectivity index (χ3v) is 11.1. The molecule has 0 bridgehead atoms. The van der Waals surface area contributed by atoms with Crippen LogP contribution >= 0.6 is 0 Å². The number of Topliss-reactive ketones (excluding diaryl/α,β-unsaturated/α-hetero) is 1. The Kier molecular flexibility index (Phi) is 7.99. The van der Waals surface area contributed by atoms with E-state index in [9.17, 15) is 9.59 Å². The molecule has 3 nitrogen and oxygen atoms in total. The summed E-state index contributed by atoms with van der Waals surface area (Å²) >= 11 is 0. The molecule has 2 unspecified atom stereocenters. The molecule has 0 saturated heterocycles. The van der Waals surface area contributed by atoms with E-state index < -0.39 is 0 Å². The normalized spacial score (nSPS) is 35.1. The first-order valence-electron chi connectivity index (χ1n) is 15.4. The van der Waals surface area contributed by atoms with Gasteiger partial charge in [-0.2, -0.15) is 0 Å². The first-order chi connectivity index (χ1) is 17.9. The van der Waals surface area contributed by atoms with Crippen LogP contribution in [0.15, 0.2) is 41.5 Å². The maximum absolute atomic E-state index is 13.5. The summed E-state index contributed by atoms with van der Waals surface area (Å²) in [5.41, 5.74) is 3.81. The molecule has 6 atom stereocenters. The first-order valence-corrected chi connectivity index (χ1v) is 15.4. The minimum atomic E-state index is -0.186. The van der Waals surface area contributed by atoms with Crippen LogP contribution < -0.4 is 0 Å². The van der Waals surface area contributed by atoms with Crippen LogP contribution in [0.1, 0.15) is 127 Å². The molecule has 0 heterocycles. The van der Waals surface area contributed by atoms with Gasteiger partial charge < -0.3 is 4.74 Å². The number of allylic oxidation sites excluding steroid dienone is 2. The minimum Gasteiger partial charge on any atom is -0.459 e. The summed E-state index contributed by atoms with van der Waals surface area (Å²) in [6, 6.07) is 9.39. The number of hydrogen-bond donors (Lipinski definition) is 0. The number of rotatable bonds is 9.